The minimum absolute atomic E-state index is 0.213. The Morgan fingerprint density at radius 2 is 1.62 bits per heavy atom. The minimum atomic E-state index is 0.213. The molecule has 0 aliphatic carbocycles. The molecule has 0 rings (SSSR count). The third-order valence-electron chi connectivity index (χ3n) is 0.851. The summed E-state index contributed by atoms with van der Waals surface area (Å²) >= 11 is 5.76. The van der Waals surface area contributed by atoms with E-state index in [9.17, 15) is 0 Å². The molecule has 3 heteroatoms. The number of rotatable bonds is 4. The summed E-state index contributed by atoms with van der Waals surface area (Å²) in [6.45, 7) is 1.73. The normalized spacial score (nSPS) is 10.5. The maximum Gasteiger partial charge on any atom is 0.0584 e. The first-order chi connectivity index (χ1) is 3.81. The van der Waals surface area contributed by atoms with Crippen LogP contribution in [0.25, 0.3) is 0 Å². The second kappa shape index (κ2) is 5.35. The van der Waals surface area contributed by atoms with E-state index in [4.69, 9.17) is 11.6 Å². The Bertz CT molecular complexity index is 43.7. The summed E-state index contributed by atoms with van der Waals surface area (Å²) in [5.41, 5.74) is 0. The highest BCUT2D eigenvalue weighted by Gasteiger charge is 1.97. The number of hydrogen-bond acceptors (Lipinski definition) is 2. The third-order valence-corrected chi connectivity index (χ3v) is 1.16. The molecule has 0 saturated heterocycles. The van der Waals surface area contributed by atoms with E-state index in [0.717, 1.165) is 13.1 Å². The fourth-order valence-corrected chi connectivity index (χ4v) is 0.824. The molecule has 2 nitrogen and oxygen atoms in total. The van der Waals surface area contributed by atoms with E-state index in [-0.39, 0.29) is 5.38 Å². The molecule has 50 valence electrons. The molecule has 0 heterocycles. The van der Waals surface area contributed by atoms with Crippen molar-refractivity contribution in [1.29, 1.82) is 0 Å². The van der Waals surface area contributed by atoms with Gasteiger partial charge in [-0.2, -0.15) is 0 Å². The summed E-state index contributed by atoms with van der Waals surface area (Å²) in [5.74, 6) is 0. The van der Waals surface area contributed by atoms with Crippen LogP contribution in [0.2, 0.25) is 0 Å². The smallest absolute Gasteiger partial charge is 0.0584 e. The predicted molar refractivity (Wildman–Crippen MR) is 37.5 cm³/mol. The summed E-state index contributed by atoms with van der Waals surface area (Å²) in [6.07, 6.45) is 0. The molecule has 0 saturated carbocycles. The van der Waals surface area contributed by atoms with Crippen molar-refractivity contribution in [1.82, 2.24) is 10.6 Å². The second-order valence-electron chi connectivity index (χ2n) is 1.71. The van der Waals surface area contributed by atoms with Crippen molar-refractivity contribution >= 4 is 11.6 Å². The molecule has 0 amide bonds. The lowest BCUT2D eigenvalue weighted by Gasteiger charge is -2.05. The first kappa shape index (κ1) is 8.21. The number of alkyl halides is 1. The van der Waals surface area contributed by atoms with E-state index in [0.29, 0.717) is 0 Å². The fraction of sp³-hybridized carbons (Fsp3) is 1.00. The highest BCUT2D eigenvalue weighted by Crippen LogP contribution is 1.88. The average Bonchev–Trinajstić information content (AvgIpc) is 1.68. The van der Waals surface area contributed by atoms with Gasteiger partial charge in [0.2, 0.25) is 0 Å². The van der Waals surface area contributed by atoms with Crippen LogP contribution in [-0.2, 0) is 0 Å². The van der Waals surface area contributed by atoms with Crippen LogP contribution in [0, 0.1) is 0 Å². The van der Waals surface area contributed by atoms with Gasteiger partial charge in [0.1, 0.15) is 0 Å². The Labute approximate surface area is 55.6 Å². The molecule has 0 aliphatic rings. The van der Waals surface area contributed by atoms with Crippen molar-refractivity contribution in [2.45, 2.75) is 5.38 Å². The summed E-state index contributed by atoms with van der Waals surface area (Å²) in [7, 11) is 3.79. The van der Waals surface area contributed by atoms with Crippen LogP contribution in [-0.4, -0.2) is 32.6 Å². The van der Waals surface area contributed by atoms with Gasteiger partial charge < -0.3 is 10.6 Å². The summed E-state index contributed by atoms with van der Waals surface area (Å²) in [5, 5.41) is 6.17. The first-order valence-electron chi connectivity index (χ1n) is 2.74. The fourth-order valence-electron chi connectivity index (χ4n) is 0.515. The van der Waals surface area contributed by atoms with Gasteiger partial charge in [0.15, 0.2) is 0 Å². The second-order valence-corrected chi connectivity index (χ2v) is 2.33. The Balaban J connectivity index is 2.92. The highest BCUT2D eigenvalue weighted by molar-refractivity contribution is 6.21. The van der Waals surface area contributed by atoms with Gasteiger partial charge in [-0.3, -0.25) is 0 Å². The molecule has 0 aliphatic heterocycles. The van der Waals surface area contributed by atoms with E-state index < -0.39 is 0 Å². The molecule has 2 N–H and O–H groups in total. The Kier molecular flexibility index (Phi) is 5.49. The number of halogens is 1. The van der Waals surface area contributed by atoms with Crippen LogP contribution in [0.3, 0.4) is 0 Å². The molecular formula is C5H13ClN2. The van der Waals surface area contributed by atoms with E-state index in [1.54, 1.807) is 0 Å². The largest absolute Gasteiger partial charge is 0.318 e. The van der Waals surface area contributed by atoms with Crippen molar-refractivity contribution in [2.75, 3.05) is 27.2 Å². The lowest BCUT2D eigenvalue weighted by atomic mass is 10.4. The molecule has 0 spiro atoms. The zero-order chi connectivity index (χ0) is 6.41. The quantitative estimate of drug-likeness (QED) is 0.533. The Morgan fingerprint density at radius 3 is 1.88 bits per heavy atom. The van der Waals surface area contributed by atoms with Crippen LogP contribution in [0.1, 0.15) is 0 Å². The first-order valence-corrected chi connectivity index (χ1v) is 3.18. The Hall–Kier alpha value is 0.210. The van der Waals surface area contributed by atoms with E-state index >= 15 is 0 Å². The van der Waals surface area contributed by atoms with E-state index in [1.807, 2.05) is 14.1 Å². The third kappa shape index (κ3) is 4.37. The highest BCUT2D eigenvalue weighted by atomic mass is 35.5. The van der Waals surface area contributed by atoms with Gasteiger partial charge in [-0.15, -0.1) is 11.6 Å². The molecule has 0 aromatic carbocycles. The maximum atomic E-state index is 5.76. The van der Waals surface area contributed by atoms with Crippen LogP contribution < -0.4 is 10.6 Å². The van der Waals surface area contributed by atoms with E-state index in [2.05, 4.69) is 10.6 Å². The molecule has 0 bridgehead atoms. The van der Waals surface area contributed by atoms with Crippen molar-refractivity contribution in [2.24, 2.45) is 0 Å². The van der Waals surface area contributed by atoms with Gasteiger partial charge in [-0.25, -0.2) is 0 Å². The number of hydrogen-bond donors (Lipinski definition) is 2. The molecule has 8 heavy (non-hydrogen) atoms. The van der Waals surface area contributed by atoms with Gasteiger partial charge in [0.05, 0.1) is 5.38 Å². The maximum absolute atomic E-state index is 5.76. The van der Waals surface area contributed by atoms with Gasteiger partial charge in [-0.05, 0) is 14.1 Å². The molecule has 0 aromatic heterocycles. The lowest BCUT2D eigenvalue weighted by Crippen LogP contribution is -2.28. The van der Waals surface area contributed by atoms with Gasteiger partial charge >= 0.3 is 0 Å². The zero-order valence-corrected chi connectivity index (χ0v) is 6.13. The van der Waals surface area contributed by atoms with Crippen molar-refractivity contribution in [3.63, 3.8) is 0 Å². The Morgan fingerprint density at radius 1 is 1.25 bits per heavy atom. The summed E-state index contributed by atoms with van der Waals surface area (Å²) in [4.78, 5) is 0. The van der Waals surface area contributed by atoms with Gasteiger partial charge in [0, 0.05) is 13.1 Å². The predicted octanol–water partition coefficient (Wildman–Crippen LogP) is 0.0326. The standard InChI is InChI=1S/C5H13ClN2/c1-7-3-5(6)4-8-2/h5,7-8H,3-4H2,1-2H3. The summed E-state index contributed by atoms with van der Waals surface area (Å²) < 4.78 is 0. The van der Waals surface area contributed by atoms with Crippen LogP contribution in [0.15, 0.2) is 0 Å². The lowest BCUT2D eigenvalue weighted by molar-refractivity contribution is 0.683. The van der Waals surface area contributed by atoms with Crippen molar-refractivity contribution in [3.8, 4) is 0 Å². The molecular weight excluding hydrogens is 124 g/mol. The molecule has 0 radical (unpaired) electrons. The molecule has 0 unspecified atom stereocenters. The molecule has 0 atom stereocenters. The summed E-state index contributed by atoms with van der Waals surface area (Å²) in [6, 6.07) is 0. The SMILES string of the molecule is CNCC(Cl)CNC. The monoisotopic (exact) mass is 136 g/mol. The van der Waals surface area contributed by atoms with E-state index in [1.165, 1.54) is 0 Å². The van der Waals surface area contributed by atoms with Crippen LogP contribution in [0.4, 0.5) is 0 Å². The van der Waals surface area contributed by atoms with Gasteiger partial charge in [-0.1, -0.05) is 0 Å². The van der Waals surface area contributed by atoms with Crippen LogP contribution >= 0.6 is 11.6 Å². The number of nitrogens with one attached hydrogen (secondary N) is 2. The molecule has 0 aromatic rings. The topological polar surface area (TPSA) is 24.1 Å². The van der Waals surface area contributed by atoms with Crippen molar-refractivity contribution < 1.29 is 0 Å². The van der Waals surface area contributed by atoms with Crippen molar-refractivity contribution in [3.05, 3.63) is 0 Å². The minimum Gasteiger partial charge on any atom is -0.318 e. The average molecular weight is 137 g/mol. The van der Waals surface area contributed by atoms with Gasteiger partial charge in [0.25, 0.3) is 0 Å². The molecule has 0 fully saturated rings. The van der Waals surface area contributed by atoms with Crippen LogP contribution in [0.5, 0.6) is 0 Å². The zero-order valence-electron chi connectivity index (χ0n) is 5.37.